The van der Waals surface area contributed by atoms with E-state index >= 15 is 0 Å². The van der Waals surface area contributed by atoms with E-state index in [1.54, 1.807) is 12.1 Å². The number of halogens is 2. The maximum Gasteiger partial charge on any atom is 0.240 e. The zero-order valence-electron chi connectivity index (χ0n) is 12.2. The molecule has 0 bridgehead atoms. The van der Waals surface area contributed by atoms with Gasteiger partial charge in [-0.15, -0.1) is 0 Å². The third-order valence-corrected chi connectivity index (χ3v) is 4.27. The number of nitriles is 1. The molecule has 1 fully saturated rings. The normalized spacial score (nSPS) is 15.9. The van der Waals surface area contributed by atoms with Crippen LogP contribution in [0.25, 0.3) is 0 Å². The van der Waals surface area contributed by atoms with Crippen LogP contribution in [0.5, 0.6) is 5.75 Å². The Labute approximate surface area is 139 Å². The van der Waals surface area contributed by atoms with Gasteiger partial charge in [-0.2, -0.15) is 5.26 Å². The molecule has 2 rings (SSSR count). The van der Waals surface area contributed by atoms with Gasteiger partial charge in [0.25, 0.3) is 0 Å². The van der Waals surface area contributed by atoms with E-state index in [1.165, 1.54) is 7.11 Å². The summed E-state index contributed by atoms with van der Waals surface area (Å²) < 4.78 is 5.07. The van der Waals surface area contributed by atoms with Crippen molar-refractivity contribution >= 4 is 34.8 Å². The zero-order valence-corrected chi connectivity index (χ0v) is 13.7. The minimum absolute atomic E-state index is 0.0441. The van der Waals surface area contributed by atoms with Crippen LogP contribution in [0.15, 0.2) is 12.1 Å². The molecule has 22 heavy (non-hydrogen) atoms. The van der Waals surface area contributed by atoms with Crippen LogP contribution in [-0.2, 0) is 4.79 Å². The van der Waals surface area contributed by atoms with Crippen LogP contribution < -0.4 is 15.4 Å². The molecule has 1 aromatic rings. The summed E-state index contributed by atoms with van der Waals surface area (Å²) in [6.45, 7) is 0.0441. The molecule has 1 aliphatic carbocycles. The van der Waals surface area contributed by atoms with Gasteiger partial charge >= 0.3 is 0 Å². The number of nitrogens with one attached hydrogen (secondary N) is 2. The number of ether oxygens (including phenoxy) is 1. The van der Waals surface area contributed by atoms with E-state index in [0.717, 1.165) is 12.8 Å². The molecule has 2 N–H and O–H groups in total. The monoisotopic (exact) mass is 341 g/mol. The average molecular weight is 342 g/mol. The van der Waals surface area contributed by atoms with Gasteiger partial charge in [-0.25, -0.2) is 0 Å². The molecule has 1 aromatic carbocycles. The molecule has 1 saturated carbocycles. The lowest BCUT2D eigenvalue weighted by atomic mass is 10.00. The van der Waals surface area contributed by atoms with E-state index in [9.17, 15) is 10.1 Å². The lowest BCUT2D eigenvalue weighted by Crippen LogP contribution is -2.47. The van der Waals surface area contributed by atoms with Gasteiger partial charge in [0.1, 0.15) is 5.54 Å². The summed E-state index contributed by atoms with van der Waals surface area (Å²) >= 11 is 12.1. The highest BCUT2D eigenvalue weighted by atomic mass is 35.5. The van der Waals surface area contributed by atoms with E-state index in [0.29, 0.717) is 34.3 Å². The molecule has 0 unspecified atom stereocenters. The number of hydrogen-bond donors (Lipinski definition) is 2. The number of carbonyl (C=O) groups excluding carboxylic acids is 1. The highest BCUT2D eigenvalue weighted by Crippen LogP contribution is 2.35. The van der Waals surface area contributed by atoms with E-state index in [-0.39, 0.29) is 12.5 Å². The summed E-state index contributed by atoms with van der Waals surface area (Å²) in [6.07, 6.45) is 3.33. The minimum Gasteiger partial charge on any atom is -0.494 e. The van der Waals surface area contributed by atoms with Gasteiger partial charge in [0, 0.05) is 5.69 Å². The lowest BCUT2D eigenvalue weighted by molar-refractivity contribution is -0.120. The van der Waals surface area contributed by atoms with Crippen molar-refractivity contribution in [3.05, 3.63) is 22.2 Å². The first-order valence-corrected chi connectivity index (χ1v) is 7.74. The highest BCUT2D eigenvalue weighted by Gasteiger charge is 2.35. The van der Waals surface area contributed by atoms with Crippen LogP contribution in [0.4, 0.5) is 5.69 Å². The second-order valence-corrected chi connectivity index (χ2v) is 6.09. The predicted molar refractivity (Wildman–Crippen MR) is 86.5 cm³/mol. The van der Waals surface area contributed by atoms with Crippen molar-refractivity contribution < 1.29 is 9.53 Å². The van der Waals surface area contributed by atoms with Gasteiger partial charge in [-0.3, -0.25) is 4.79 Å². The molecule has 0 heterocycles. The van der Waals surface area contributed by atoms with Crippen LogP contribution in [0.1, 0.15) is 25.7 Å². The molecule has 0 aromatic heterocycles. The van der Waals surface area contributed by atoms with Crippen molar-refractivity contribution in [2.45, 2.75) is 31.2 Å². The molecular weight excluding hydrogens is 325 g/mol. The highest BCUT2D eigenvalue weighted by molar-refractivity contribution is 6.37. The fraction of sp³-hybridized carbons (Fsp3) is 0.467. The van der Waals surface area contributed by atoms with E-state index in [1.807, 2.05) is 0 Å². The minimum atomic E-state index is -0.714. The van der Waals surface area contributed by atoms with Crippen LogP contribution in [0.3, 0.4) is 0 Å². The standard InChI is InChI=1S/C15H17Cl2N3O2/c1-22-14-11(16)6-10(7-12(14)17)19-8-13(21)20-15(9-18)4-2-3-5-15/h6-7,19H,2-5,8H2,1H3,(H,20,21). The second kappa shape index (κ2) is 7.08. The largest absolute Gasteiger partial charge is 0.494 e. The first kappa shape index (κ1) is 16.7. The molecule has 0 spiro atoms. The number of carbonyl (C=O) groups is 1. The predicted octanol–water partition coefficient (Wildman–Crippen LogP) is 3.37. The van der Waals surface area contributed by atoms with Crippen molar-refractivity contribution in [3.8, 4) is 11.8 Å². The molecule has 0 radical (unpaired) electrons. The van der Waals surface area contributed by atoms with Gasteiger partial charge in [-0.05, 0) is 37.8 Å². The van der Waals surface area contributed by atoms with Gasteiger partial charge < -0.3 is 15.4 Å². The molecule has 118 valence electrons. The lowest BCUT2D eigenvalue weighted by Gasteiger charge is -2.22. The SMILES string of the molecule is COc1c(Cl)cc(NCC(=O)NC2(C#N)CCCC2)cc1Cl. The first-order chi connectivity index (χ1) is 10.5. The van der Waals surface area contributed by atoms with Gasteiger partial charge in [0.2, 0.25) is 5.91 Å². The summed E-state index contributed by atoms with van der Waals surface area (Å²) in [7, 11) is 1.48. The molecule has 1 amide bonds. The number of anilines is 1. The fourth-order valence-corrected chi connectivity index (χ4v) is 3.24. The molecule has 5 nitrogen and oxygen atoms in total. The number of nitrogens with zero attached hydrogens (tertiary/aromatic N) is 1. The Bertz CT molecular complexity index is 584. The third-order valence-electron chi connectivity index (χ3n) is 3.71. The first-order valence-electron chi connectivity index (χ1n) is 6.99. The Morgan fingerprint density at radius 2 is 1.95 bits per heavy atom. The third kappa shape index (κ3) is 3.76. The van der Waals surface area contributed by atoms with E-state index < -0.39 is 5.54 Å². The van der Waals surface area contributed by atoms with Crippen molar-refractivity contribution in [2.75, 3.05) is 19.0 Å². The van der Waals surface area contributed by atoms with Crippen LogP contribution in [0, 0.1) is 11.3 Å². The molecular formula is C15H17Cl2N3O2. The Morgan fingerprint density at radius 1 is 1.36 bits per heavy atom. The zero-order chi connectivity index (χ0) is 16.2. The molecule has 0 saturated heterocycles. The van der Waals surface area contributed by atoms with Crippen LogP contribution in [-0.4, -0.2) is 25.1 Å². The fourth-order valence-electron chi connectivity index (χ4n) is 2.59. The molecule has 1 aliphatic rings. The number of benzene rings is 1. The van der Waals surface area contributed by atoms with Crippen LogP contribution >= 0.6 is 23.2 Å². The van der Waals surface area contributed by atoms with Gasteiger partial charge in [0.05, 0.1) is 29.8 Å². The number of hydrogen-bond acceptors (Lipinski definition) is 4. The van der Waals surface area contributed by atoms with E-state index in [2.05, 4.69) is 16.7 Å². The van der Waals surface area contributed by atoms with Crippen molar-refractivity contribution in [1.29, 1.82) is 5.26 Å². The van der Waals surface area contributed by atoms with E-state index in [4.69, 9.17) is 27.9 Å². The van der Waals surface area contributed by atoms with Gasteiger partial charge in [-0.1, -0.05) is 23.2 Å². The Morgan fingerprint density at radius 3 is 2.45 bits per heavy atom. The average Bonchev–Trinajstić information content (AvgIpc) is 2.94. The van der Waals surface area contributed by atoms with Gasteiger partial charge in [0.15, 0.2) is 5.75 Å². The van der Waals surface area contributed by atoms with Crippen LogP contribution in [0.2, 0.25) is 10.0 Å². The van der Waals surface area contributed by atoms with Crippen molar-refractivity contribution in [1.82, 2.24) is 5.32 Å². The Hall–Kier alpha value is -1.64. The number of rotatable bonds is 5. The summed E-state index contributed by atoms with van der Waals surface area (Å²) in [5.74, 6) is 0.166. The maximum absolute atomic E-state index is 12.0. The summed E-state index contributed by atoms with van der Waals surface area (Å²) in [5.41, 5.74) is -0.100. The maximum atomic E-state index is 12.0. The molecule has 0 aliphatic heterocycles. The quantitative estimate of drug-likeness (QED) is 0.860. The Kier molecular flexibility index (Phi) is 5.38. The summed E-state index contributed by atoms with van der Waals surface area (Å²) in [6, 6.07) is 5.49. The second-order valence-electron chi connectivity index (χ2n) is 5.28. The topological polar surface area (TPSA) is 74.2 Å². The summed E-state index contributed by atoms with van der Waals surface area (Å²) in [5, 5.41) is 15.7. The Balaban J connectivity index is 1.96. The summed E-state index contributed by atoms with van der Waals surface area (Å²) in [4.78, 5) is 12.0. The number of amides is 1. The number of methoxy groups -OCH3 is 1. The molecule has 7 heteroatoms. The van der Waals surface area contributed by atoms with Crippen molar-refractivity contribution in [2.24, 2.45) is 0 Å². The smallest absolute Gasteiger partial charge is 0.240 e. The molecule has 0 atom stereocenters. The van der Waals surface area contributed by atoms with Crippen molar-refractivity contribution in [3.63, 3.8) is 0 Å².